The number of carbonyl (C=O) groups is 1. The molecule has 1 heterocycles. The Hall–Kier alpha value is -2.21. The van der Waals surface area contributed by atoms with Gasteiger partial charge in [0.25, 0.3) is 0 Å². The molecule has 2 rings (SSSR count). The first kappa shape index (κ1) is 15.2. The van der Waals surface area contributed by atoms with Crippen molar-refractivity contribution < 1.29 is 14.6 Å². The largest absolute Gasteiger partial charge is 0.478 e. The quantitative estimate of drug-likeness (QED) is 0.908. The molecule has 0 unspecified atom stereocenters. The second-order valence-corrected chi connectivity index (χ2v) is 5.71. The molecule has 112 valence electrons. The third kappa shape index (κ3) is 3.28. The van der Waals surface area contributed by atoms with Gasteiger partial charge in [0.1, 0.15) is 12.9 Å². The van der Waals surface area contributed by atoms with E-state index >= 15 is 0 Å². The second-order valence-electron chi connectivity index (χ2n) is 5.71. The number of carboxylic acids is 1. The first-order valence-corrected chi connectivity index (χ1v) is 6.59. The van der Waals surface area contributed by atoms with Crippen LogP contribution in [-0.4, -0.2) is 52.2 Å². The van der Waals surface area contributed by atoms with Crippen LogP contribution in [0.25, 0.3) is 10.9 Å². The summed E-state index contributed by atoms with van der Waals surface area (Å²) in [6, 6.07) is 4.72. The number of rotatable bonds is 5. The molecule has 21 heavy (non-hydrogen) atoms. The van der Waals surface area contributed by atoms with Crippen LogP contribution in [0.2, 0.25) is 0 Å². The van der Waals surface area contributed by atoms with Crippen molar-refractivity contribution in [3.63, 3.8) is 0 Å². The Kier molecular flexibility index (Phi) is 4.09. The van der Waals surface area contributed by atoms with Crippen molar-refractivity contribution in [2.45, 2.75) is 19.4 Å². The zero-order chi connectivity index (χ0) is 15.6. The van der Waals surface area contributed by atoms with Gasteiger partial charge in [-0.3, -0.25) is 0 Å². The van der Waals surface area contributed by atoms with E-state index in [1.807, 2.05) is 14.1 Å². The first-order valence-electron chi connectivity index (χ1n) is 6.59. The minimum absolute atomic E-state index is 0.141. The molecule has 0 aliphatic rings. The number of benzene rings is 1. The molecular weight excluding hydrogens is 270 g/mol. The maximum Gasteiger partial charge on any atom is 0.335 e. The lowest BCUT2D eigenvalue weighted by atomic mass is 10.1. The number of hydrogen-bond donors (Lipinski definition) is 1. The average molecular weight is 289 g/mol. The molecule has 0 fully saturated rings. The highest BCUT2D eigenvalue weighted by atomic mass is 16.5. The predicted molar refractivity (Wildman–Crippen MR) is 79.8 cm³/mol. The van der Waals surface area contributed by atoms with Crippen LogP contribution in [0.4, 0.5) is 0 Å². The molecule has 6 heteroatoms. The number of ether oxygens (including phenoxy) is 1. The molecule has 0 bridgehead atoms. The van der Waals surface area contributed by atoms with E-state index in [0.717, 1.165) is 0 Å². The minimum atomic E-state index is -0.980. The van der Waals surface area contributed by atoms with Gasteiger partial charge >= 0.3 is 5.97 Å². The summed E-state index contributed by atoms with van der Waals surface area (Å²) in [6.45, 7) is 4.60. The van der Waals surface area contributed by atoms with Gasteiger partial charge in [0, 0.05) is 5.54 Å². The maximum atomic E-state index is 11.0. The molecule has 1 aromatic heterocycles. The van der Waals surface area contributed by atoms with Crippen molar-refractivity contribution in [2.75, 3.05) is 20.7 Å². The fraction of sp³-hybridized carbons (Fsp3) is 0.400. The van der Waals surface area contributed by atoms with E-state index < -0.39 is 5.97 Å². The fourth-order valence-corrected chi connectivity index (χ4v) is 1.65. The van der Waals surface area contributed by atoms with E-state index in [1.165, 1.54) is 18.5 Å². The highest BCUT2D eigenvalue weighted by Crippen LogP contribution is 2.23. The molecule has 0 aliphatic carbocycles. The fourth-order valence-electron chi connectivity index (χ4n) is 1.65. The maximum absolute atomic E-state index is 11.0. The van der Waals surface area contributed by atoms with Crippen molar-refractivity contribution in [2.24, 2.45) is 0 Å². The van der Waals surface area contributed by atoms with Crippen LogP contribution in [0.3, 0.4) is 0 Å². The second kappa shape index (κ2) is 5.65. The number of fused-ring (bicyclic) bond motifs is 1. The van der Waals surface area contributed by atoms with E-state index in [9.17, 15) is 4.79 Å². The van der Waals surface area contributed by atoms with Crippen LogP contribution in [0.1, 0.15) is 24.2 Å². The number of carboxylic acid groups (broad SMARTS) is 1. The van der Waals surface area contributed by atoms with Gasteiger partial charge in [-0.05, 0) is 46.1 Å². The summed E-state index contributed by atoms with van der Waals surface area (Å²) in [4.78, 5) is 21.3. The van der Waals surface area contributed by atoms with E-state index in [1.54, 1.807) is 6.07 Å². The zero-order valence-corrected chi connectivity index (χ0v) is 12.6. The summed E-state index contributed by atoms with van der Waals surface area (Å²) < 4.78 is 5.81. The van der Waals surface area contributed by atoms with Crippen LogP contribution in [0.15, 0.2) is 24.5 Å². The Balaban J connectivity index is 2.31. The van der Waals surface area contributed by atoms with Crippen molar-refractivity contribution in [1.82, 2.24) is 14.9 Å². The van der Waals surface area contributed by atoms with E-state index in [4.69, 9.17) is 9.84 Å². The van der Waals surface area contributed by atoms with E-state index in [2.05, 4.69) is 28.7 Å². The first-order chi connectivity index (χ1) is 9.81. The van der Waals surface area contributed by atoms with Gasteiger partial charge < -0.3 is 14.7 Å². The van der Waals surface area contributed by atoms with Crippen LogP contribution < -0.4 is 4.74 Å². The van der Waals surface area contributed by atoms with Gasteiger partial charge in [-0.25, -0.2) is 14.8 Å². The summed E-state index contributed by atoms with van der Waals surface area (Å²) in [5.74, 6) is -0.515. The van der Waals surface area contributed by atoms with Crippen LogP contribution >= 0.6 is 0 Å². The summed E-state index contributed by atoms with van der Waals surface area (Å²) >= 11 is 0. The molecule has 1 N–H and O–H groups in total. The summed E-state index contributed by atoms with van der Waals surface area (Å²) in [5, 5.41) is 9.71. The Labute approximate surface area is 123 Å². The Morgan fingerprint density at radius 3 is 2.67 bits per heavy atom. The Morgan fingerprint density at radius 2 is 2.05 bits per heavy atom. The Morgan fingerprint density at radius 1 is 1.33 bits per heavy atom. The third-order valence-electron chi connectivity index (χ3n) is 3.62. The highest BCUT2D eigenvalue weighted by Gasteiger charge is 2.22. The number of aromatic nitrogens is 2. The van der Waals surface area contributed by atoms with Gasteiger partial charge in [-0.2, -0.15) is 0 Å². The lowest BCUT2D eigenvalue weighted by Gasteiger charge is -2.32. The number of nitrogens with zero attached hydrogens (tertiary/aromatic N) is 3. The molecule has 0 aliphatic heterocycles. The number of hydrogen-bond acceptors (Lipinski definition) is 5. The zero-order valence-electron chi connectivity index (χ0n) is 12.6. The lowest BCUT2D eigenvalue weighted by molar-refractivity contribution is 0.0697. The highest BCUT2D eigenvalue weighted by molar-refractivity contribution is 5.94. The minimum Gasteiger partial charge on any atom is -0.478 e. The molecule has 2 aromatic rings. The predicted octanol–water partition coefficient (Wildman–Crippen LogP) is 2.05. The third-order valence-corrected chi connectivity index (χ3v) is 3.62. The summed E-state index contributed by atoms with van der Waals surface area (Å²) in [6.07, 6.45) is 1.38. The van der Waals surface area contributed by atoms with Crippen molar-refractivity contribution in [3.8, 4) is 5.88 Å². The molecule has 1 aromatic carbocycles. The monoisotopic (exact) mass is 289 g/mol. The van der Waals surface area contributed by atoms with Crippen molar-refractivity contribution in [1.29, 1.82) is 0 Å². The summed E-state index contributed by atoms with van der Waals surface area (Å²) in [7, 11) is 3.97. The standard InChI is InChI=1S/C15H19N3O3/c1-15(2,18(3)4)8-21-13-11-6-5-10(14(19)20)7-12(11)16-9-17-13/h5-7,9H,8H2,1-4H3,(H,19,20). The molecule has 0 atom stereocenters. The lowest BCUT2D eigenvalue weighted by Crippen LogP contribution is -2.43. The topological polar surface area (TPSA) is 75.5 Å². The molecule has 0 saturated heterocycles. The normalized spacial score (nSPS) is 11.9. The Bertz CT molecular complexity index is 668. The molecule has 0 saturated carbocycles. The van der Waals surface area contributed by atoms with Gasteiger partial charge in [-0.15, -0.1) is 0 Å². The number of likely N-dealkylation sites (N-methyl/N-ethyl adjacent to an activating group) is 1. The van der Waals surface area contributed by atoms with Gasteiger partial charge in [-0.1, -0.05) is 0 Å². The van der Waals surface area contributed by atoms with Gasteiger partial charge in [0.2, 0.25) is 5.88 Å². The molecular formula is C15H19N3O3. The van der Waals surface area contributed by atoms with Crippen LogP contribution in [-0.2, 0) is 0 Å². The molecule has 0 amide bonds. The summed E-state index contributed by atoms with van der Waals surface area (Å²) in [5.41, 5.74) is 0.612. The van der Waals surface area contributed by atoms with Crippen molar-refractivity contribution >= 4 is 16.9 Å². The van der Waals surface area contributed by atoms with Gasteiger partial charge in [0.15, 0.2) is 0 Å². The van der Waals surface area contributed by atoms with Crippen molar-refractivity contribution in [3.05, 3.63) is 30.1 Å². The van der Waals surface area contributed by atoms with E-state index in [-0.39, 0.29) is 11.1 Å². The van der Waals surface area contributed by atoms with E-state index in [0.29, 0.717) is 23.4 Å². The molecule has 6 nitrogen and oxygen atoms in total. The van der Waals surface area contributed by atoms with Crippen LogP contribution in [0.5, 0.6) is 5.88 Å². The smallest absolute Gasteiger partial charge is 0.335 e. The molecule has 0 spiro atoms. The van der Waals surface area contributed by atoms with Gasteiger partial charge in [0.05, 0.1) is 16.5 Å². The SMILES string of the molecule is CN(C)C(C)(C)COc1ncnc2cc(C(=O)O)ccc12. The average Bonchev–Trinajstić information content (AvgIpc) is 2.44. The number of aromatic carboxylic acids is 1. The van der Waals surface area contributed by atoms with Crippen LogP contribution in [0, 0.1) is 0 Å². The molecule has 0 radical (unpaired) electrons.